The molecule has 1 spiro atoms. The van der Waals surface area contributed by atoms with E-state index in [-0.39, 0.29) is 17.9 Å². The van der Waals surface area contributed by atoms with Crippen molar-refractivity contribution in [3.05, 3.63) is 53.1 Å². The van der Waals surface area contributed by atoms with Crippen LogP contribution in [0.2, 0.25) is 5.02 Å². The van der Waals surface area contributed by atoms with Crippen LogP contribution in [0.15, 0.2) is 42.5 Å². The molecule has 3 aliphatic rings. The number of carbonyl (C=O) groups excluding carboxylic acids is 2. The second kappa shape index (κ2) is 6.75. The Kier molecular flexibility index (Phi) is 4.29. The standard InChI is InChI=1S/C22H22ClN3O3/c1-29-15-9-7-13(8-10-15)24-20(27)17-12-14-4-3-11-26(14)22(17)16-5-2-6-18(23)19(16)25-21(22)28/h2,5-10,14,17H,3-4,11-12H2,1H3,(H,24,27)(H,25,28)/t14-,17+,22-/m1/s1. The van der Waals surface area contributed by atoms with Gasteiger partial charge < -0.3 is 15.4 Å². The van der Waals surface area contributed by atoms with Crippen molar-refractivity contribution in [2.24, 2.45) is 5.92 Å². The summed E-state index contributed by atoms with van der Waals surface area (Å²) in [7, 11) is 1.60. The Balaban J connectivity index is 1.55. The smallest absolute Gasteiger partial charge is 0.250 e. The topological polar surface area (TPSA) is 70.7 Å². The molecule has 2 amide bonds. The number of carbonyl (C=O) groups is 2. The first kappa shape index (κ1) is 18.5. The third kappa shape index (κ3) is 2.59. The maximum Gasteiger partial charge on any atom is 0.250 e. The lowest BCUT2D eigenvalue weighted by atomic mass is 9.78. The fourth-order valence-electron chi connectivity index (χ4n) is 5.32. The minimum Gasteiger partial charge on any atom is -0.497 e. The Morgan fingerprint density at radius 2 is 2.07 bits per heavy atom. The molecule has 0 saturated carbocycles. The minimum atomic E-state index is -1.00. The third-order valence-corrected chi connectivity index (χ3v) is 6.84. The van der Waals surface area contributed by atoms with Gasteiger partial charge in [0.25, 0.3) is 0 Å². The molecule has 2 N–H and O–H groups in total. The van der Waals surface area contributed by atoms with Crippen LogP contribution in [-0.4, -0.2) is 36.4 Å². The van der Waals surface area contributed by atoms with E-state index in [4.69, 9.17) is 16.3 Å². The fourth-order valence-corrected chi connectivity index (χ4v) is 5.54. The normalized spacial score (nSPS) is 27.6. The Morgan fingerprint density at radius 3 is 2.83 bits per heavy atom. The number of anilines is 2. The van der Waals surface area contributed by atoms with Gasteiger partial charge in [-0.1, -0.05) is 23.7 Å². The van der Waals surface area contributed by atoms with E-state index in [1.165, 1.54) is 0 Å². The summed E-state index contributed by atoms with van der Waals surface area (Å²) in [6, 6.07) is 13.0. The van der Waals surface area contributed by atoms with Gasteiger partial charge in [0.1, 0.15) is 11.3 Å². The first-order valence-electron chi connectivity index (χ1n) is 9.88. The fraction of sp³-hybridized carbons (Fsp3) is 0.364. The SMILES string of the molecule is COc1ccc(NC(=O)[C@@H]2C[C@H]3CCCN3[C@@]23C(=O)Nc2c(Cl)cccc23)cc1. The summed E-state index contributed by atoms with van der Waals surface area (Å²) < 4.78 is 5.18. The van der Waals surface area contributed by atoms with Crippen LogP contribution in [-0.2, 0) is 15.1 Å². The number of nitrogens with zero attached hydrogens (tertiary/aromatic N) is 1. The van der Waals surface area contributed by atoms with Crippen LogP contribution in [0.1, 0.15) is 24.8 Å². The van der Waals surface area contributed by atoms with Crippen LogP contribution in [0.4, 0.5) is 11.4 Å². The zero-order valence-corrected chi connectivity index (χ0v) is 16.8. The first-order chi connectivity index (χ1) is 14.1. The van der Waals surface area contributed by atoms with E-state index in [0.717, 1.165) is 30.7 Å². The lowest BCUT2D eigenvalue weighted by molar-refractivity contribution is -0.135. The molecule has 0 radical (unpaired) electrons. The number of amides is 2. The predicted octanol–water partition coefficient (Wildman–Crippen LogP) is 3.62. The van der Waals surface area contributed by atoms with E-state index in [2.05, 4.69) is 15.5 Å². The second-order valence-electron chi connectivity index (χ2n) is 7.88. The Bertz CT molecular complexity index is 993. The number of para-hydroxylation sites is 1. The van der Waals surface area contributed by atoms with E-state index in [1.807, 2.05) is 12.1 Å². The van der Waals surface area contributed by atoms with Gasteiger partial charge in [-0.2, -0.15) is 0 Å². The highest BCUT2D eigenvalue weighted by Crippen LogP contribution is 2.56. The molecular weight excluding hydrogens is 390 g/mol. The molecule has 0 unspecified atom stereocenters. The van der Waals surface area contributed by atoms with E-state index < -0.39 is 11.5 Å². The van der Waals surface area contributed by atoms with Gasteiger partial charge in [-0.3, -0.25) is 14.5 Å². The van der Waals surface area contributed by atoms with Crippen molar-refractivity contribution in [3.63, 3.8) is 0 Å². The molecule has 0 aliphatic carbocycles. The maximum atomic E-state index is 13.4. The van der Waals surface area contributed by atoms with E-state index in [9.17, 15) is 9.59 Å². The highest BCUT2D eigenvalue weighted by Gasteiger charge is 2.65. The van der Waals surface area contributed by atoms with E-state index >= 15 is 0 Å². The minimum absolute atomic E-state index is 0.146. The average Bonchev–Trinajstić information content (AvgIpc) is 3.38. The number of methoxy groups -OCH3 is 1. The van der Waals surface area contributed by atoms with Crippen molar-refractivity contribution in [1.82, 2.24) is 4.90 Å². The van der Waals surface area contributed by atoms with Crippen molar-refractivity contribution in [1.29, 1.82) is 0 Å². The molecule has 29 heavy (non-hydrogen) atoms. The third-order valence-electron chi connectivity index (χ3n) is 6.53. The van der Waals surface area contributed by atoms with Crippen molar-refractivity contribution in [3.8, 4) is 5.75 Å². The zero-order chi connectivity index (χ0) is 20.2. The number of hydrogen-bond acceptors (Lipinski definition) is 4. The van der Waals surface area contributed by atoms with Crippen molar-refractivity contribution < 1.29 is 14.3 Å². The Labute approximate surface area is 174 Å². The maximum absolute atomic E-state index is 13.4. The molecule has 3 heterocycles. The van der Waals surface area contributed by atoms with Gasteiger partial charge in [0.15, 0.2) is 0 Å². The number of fused-ring (bicyclic) bond motifs is 4. The summed E-state index contributed by atoms with van der Waals surface area (Å²) in [5, 5.41) is 6.48. The summed E-state index contributed by atoms with van der Waals surface area (Å²) in [6.07, 6.45) is 2.68. The number of rotatable bonds is 3. The number of benzene rings is 2. The molecular formula is C22H22ClN3O3. The quantitative estimate of drug-likeness (QED) is 0.809. The van der Waals surface area contributed by atoms with E-state index in [0.29, 0.717) is 22.8 Å². The Hall–Kier alpha value is -2.57. The van der Waals surface area contributed by atoms with Gasteiger partial charge in [-0.25, -0.2) is 0 Å². The highest BCUT2D eigenvalue weighted by atomic mass is 35.5. The zero-order valence-electron chi connectivity index (χ0n) is 16.1. The molecule has 3 atom stereocenters. The molecule has 0 aromatic heterocycles. The largest absolute Gasteiger partial charge is 0.497 e. The van der Waals surface area contributed by atoms with Crippen molar-refractivity contribution in [2.45, 2.75) is 30.8 Å². The highest BCUT2D eigenvalue weighted by molar-refractivity contribution is 6.35. The molecule has 150 valence electrons. The molecule has 2 saturated heterocycles. The van der Waals surface area contributed by atoms with E-state index in [1.54, 1.807) is 37.4 Å². The second-order valence-corrected chi connectivity index (χ2v) is 8.29. The molecule has 3 aliphatic heterocycles. The number of hydrogen-bond donors (Lipinski definition) is 2. The predicted molar refractivity (Wildman–Crippen MR) is 111 cm³/mol. The number of halogens is 1. The van der Waals surface area contributed by atoms with Crippen LogP contribution in [0.3, 0.4) is 0 Å². The summed E-state index contributed by atoms with van der Waals surface area (Å²) in [5.41, 5.74) is 1.13. The van der Waals surface area contributed by atoms with Gasteiger partial charge in [0, 0.05) is 17.3 Å². The summed E-state index contributed by atoms with van der Waals surface area (Å²) in [4.78, 5) is 29.0. The van der Waals surface area contributed by atoms with Crippen LogP contribution in [0, 0.1) is 5.92 Å². The molecule has 0 bridgehead atoms. The molecule has 2 aromatic carbocycles. The van der Waals surface area contributed by atoms with Crippen molar-refractivity contribution in [2.75, 3.05) is 24.3 Å². The van der Waals surface area contributed by atoms with Gasteiger partial charge in [0.2, 0.25) is 11.8 Å². The lowest BCUT2D eigenvalue weighted by Gasteiger charge is -2.36. The number of nitrogens with one attached hydrogen (secondary N) is 2. The van der Waals surface area contributed by atoms with Crippen LogP contribution >= 0.6 is 11.6 Å². The summed E-state index contributed by atoms with van der Waals surface area (Å²) >= 11 is 6.38. The Morgan fingerprint density at radius 1 is 1.28 bits per heavy atom. The van der Waals surface area contributed by atoms with Crippen LogP contribution in [0.25, 0.3) is 0 Å². The van der Waals surface area contributed by atoms with Gasteiger partial charge >= 0.3 is 0 Å². The lowest BCUT2D eigenvalue weighted by Crippen LogP contribution is -2.53. The van der Waals surface area contributed by atoms with Crippen LogP contribution in [0.5, 0.6) is 5.75 Å². The summed E-state index contributed by atoms with van der Waals surface area (Å²) in [6.45, 7) is 0.802. The molecule has 7 heteroatoms. The monoisotopic (exact) mass is 411 g/mol. The van der Waals surface area contributed by atoms with Gasteiger partial charge in [-0.15, -0.1) is 0 Å². The first-order valence-corrected chi connectivity index (χ1v) is 10.3. The van der Waals surface area contributed by atoms with Crippen LogP contribution < -0.4 is 15.4 Å². The van der Waals surface area contributed by atoms with Gasteiger partial charge in [-0.05, 0) is 56.1 Å². The number of ether oxygens (including phenoxy) is 1. The summed E-state index contributed by atoms with van der Waals surface area (Å²) in [5.74, 6) is -0.0678. The molecule has 2 fully saturated rings. The molecule has 2 aromatic rings. The van der Waals surface area contributed by atoms with Gasteiger partial charge in [0.05, 0.1) is 23.7 Å². The molecule has 6 nitrogen and oxygen atoms in total. The van der Waals surface area contributed by atoms with Crippen molar-refractivity contribution >= 4 is 34.8 Å². The average molecular weight is 412 g/mol. The molecule has 5 rings (SSSR count).